The van der Waals surface area contributed by atoms with E-state index in [1.165, 1.54) is 6.21 Å². The number of hydrazone groups is 1. The van der Waals surface area contributed by atoms with E-state index in [1.807, 2.05) is 30.3 Å². The van der Waals surface area contributed by atoms with Gasteiger partial charge in [-0.05, 0) is 53.1 Å². The molecule has 0 saturated heterocycles. The van der Waals surface area contributed by atoms with Crippen LogP contribution in [0.1, 0.15) is 16.7 Å². The van der Waals surface area contributed by atoms with Crippen molar-refractivity contribution in [1.82, 2.24) is 16.1 Å². The molecule has 36 heavy (non-hydrogen) atoms. The molecule has 4 rings (SSSR count). The van der Waals surface area contributed by atoms with E-state index in [0.29, 0.717) is 29.4 Å². The number of amides is 3. The number of nitrogens with zero attached hydrogens (tertiary/aromatic N) is 1. The SMILES string of the molecule is O=C(COc1ccc(/C=N\NC(=O)C(=O)NCc2ccc3c(c2)OCO3)cc1)NCc1ccccc1. The largest absolute Gasteiger partial charge is 0.484 e. The van der Waals surface area contributed by atoms with Crippen molar-refractivity contribution in [3.63, 3.8) is 0 Å². The first kappa shape index (κ1) is 24.3. The maximum Gasteiger partial charge on any atom is 0.329 e. The zero-order valence-electron chi connectivity index (χ0n) is 19.2. The lowest BCUT2D eigenvalue weighted by molar-refractivity contribution is -0.139. The van der Waals surface area contributed by atoms with E-state index in [-0.39, 0.29) is 25.9 Å². The zero-order chi connectivity index (χ0) is 25.2. The van der Waals surface area contributed by atoms with E-state index in [0.717, 1.165) is 11.1 Å². The molecule has 1 heterocycles. The van der Waals surface area contributed by atoms with Gasteiger partial charge in [-0.1, -0.05) is 36.4 Å². The minimum atomic E-state index is -0.895. The lowest BCUT2D eigenvalue weighted by atomic mass is 10.2. The molecule has 0 aromatic heterocycles. The fourth-order valence-electron chi connectivity index (χ4n) is 3.18. The third-order valence-electron chi connectivity index (χ3n) is 5.06. The number of benzene rings is 3. The zero-order valence-corrected chi connectivity index (χ0v) is 19.2. The van der Waals surface area contributed by atoms with Crippen LogP contribution in [0.15, 0.2) is 77.9 Å². The van der Waals surface area contributed by atoms with Gasteiger partial charge in [0.05, 0.1) is 6.21 Å². The molecule has 3 aromatic rings. The second kappa shape index (κ2) is 12.0. The highest BCUT2D eigenvalue weighted by Crippen LogP contribution is 2.32. The highest BCUT2D eigenvalue weighted by molar-refractivity contribution is 6.35. The second-order valence-corrected chi connectivity index (χ2v) is 7.69. The van der Waals surface area contributed by atoms with E-state index < -0.39 is 11.8 Å². The van der Waals surface area contributed by atoms with Crippen molar-refractivity contribution in [1.29, 1.82) is 0 Å². The topological polar surface area (TPSA) is 127 Å². The Morgan fingerprint density at radius 2 is 1.58 bits per heavy atom. The summed E-state index contributed by atoms with van der Waals surface area (Å²) in [6, 6.07) is 21.6. The Morgan fingerprint density at radius 1 is 0.833 bits per heavy atom. The molecule has 1 aliphatic heterocycles. The summed E-state index contributed by atoms with van der Waals surface area (Å²) in [5, 5.41) is 9.10. The van der Waals surface area contributed by atoms with Crippen LogP contribution in [0.2, 0.25) is 0 Å². The number of ether oxygens (including phenoxy) is 3. The van der Waals surface area contributed by atoms with Crippen LogP contribution in [0.3, 0.4) is 0 Å². The van der Waals surface area contributed by atoms with Crippen molar-refractivity contribution < 1.29 is 28.6 Å². The van der Waals surface area contributed by atoms with Crippen molar-refractivity contribution in [3.8, 4) is 17.2 Å². The predicted octanol–water partition coefficient (Wildman–Crippen LogP) is 1.88. The van der Waals surface area contributed by atoms with Crippen LogP contribution >= 0.6 is 0 Å². The quantitative estimate of drug-likeness (QED) is 0.240. The van der Waals surface area contributed by atoms with Crippen molar-refractivity contribution in [2.24, 2.45) is 5.10 Å². The maximum atomic E-state index is 12.0. The van der Waals surface area contributed by atoms with Gasteiger partial charge >= 0.3 is 11.8 Å². The summed E-state index contributed by atoms with van der Waals surface area (Å²) in [6.45, 7) is 0.629. The molecular formula is C26H24N4O6. The molecular weight excluding hydrogens is 464 g/mol. The van der Waals surface area contributed by atoms with Gasteiger partial charge in [0.1, 0.15) is 5.75 Å². The Kier molecular flexibility index (Phi) is 8.10. The van der Waals surface area contributed by atoms with Gasteiger partial charge in [0.25, 0.3) is 5.91 Å². The molecule has 0 saturated carbocycles. The van der Waals surface area contributed by atoms with Crippen LogP contribution in [-0.4, -0.2) is 37.3 Å². The monoisotopic (exact) mass is 488 g/mol. The number of carbonyl (C=O) groups is 3. The summed E-state index contributed by atoms with van der Waals surface area (Å²) in [5.74, 6) is -0.204. The molecule has 0 unspecified atom stereocenters. The summed E-state index contributed by atoms with van der Waals surface area (Å²) < 4.78 is 16.0. The number of carbonyl (C=O) groups excluding carboxylic acids is 3. The minimum absolute atomic E-state index is 0.113. The summed E-state index contributed by atoms with van der Waals surface area (Å²) in [6.07, 6.45) is 1.39. The van der Waals surface area contributed by atoms with Gasteiger partial charge < -0.3 is 24.8 Å². The molecule has 10 nitrogen and oxygen atoms in total. The van der Waals surface area contributed by atoms with E-state index in [1.54, 1.807) is 42.5 Å². The fourth-order valence-corrected chi connectivity index (χ4v) is 3.18. The first-order valence-corrected chi connectivity index (χ1v) is 11.1. The van der Waals surface area contributed by atoms with Gasteiger partial charge in [0.2, 0.25) is 6.79 Å². The Hall–Kier alpha value is -4.86. The number of nitrogens with one attached hydrogen (secondary N) is 3. The van der Waals surface area contributed by atoms with Gasteiger partial charge in [-0.2, -0.15) is 5.10 Å². The number of fused-ring (bicyclic) bond motifs is 1. The molecule has 3 amide bonds. The summed E-state index contributed by atoms with van der Waals surface area (Å²) in [4.78, 5) is 35.9. The predicted molar refractivity (Wildman–Crippen MR) is 130 cm³/mol. The molecule has 0 spiro atoms. The van der Waals surface area contributed by atoms with Gasteiger partial charge in [-0.3, -0.25) is 14.4 Å². The van der Waals surface area contributed by atoms with E-state index >= 15 is 0 Å². The Labute approximate surface area is 207 Å². The van der Waals surface area contributed by atoms with Gasteiger partial charge in [-0.25, -0.2) is 5.43 Å². The van der Waals surface area contributed by atoms with Gasteiger partial charge in [-0.15, -0.1) is 0 Å². The van der Waals surface area contributed by atoms with Crippen LogP contribution in [0.5, 0.6) is 17.2 Å². The molecule has 3 N–H and O–H groups in total. The first-order valence-electron chi connectivity index (χ1n) is 11.1. The third kappa shape index (κ3) is 7.07. The molecule has 0 bridgehead atoms. The summed E-state index contributed by atoms with van der Waals surface area (Å²) >= 11 is 0. The highest BCUT2D eigenvalue weighted by atomic mass is 16.7. The summed E-state index contributed by atoms with van der Waals surface area (Å²) in [5.41, 5.74) is 4.61. The summed E-state index contributed by atoms with van der Waals surface area (Å²) in [7, 11) is 0. The van der Waals surface area contributed by atoms with Crippen LogP contribution in [0.4, 0.5) is 0 Å². The van der Waals surface area contributed by atoms with Crippen molar-refractivity contribution in [2.75, 3.05) is 13.4 Å². The lowest BCUT2D eigenvalue weighted by Gasteiger charge is -2.08. The molecule has 1 aliphatic rings. The van der Waals surface area contributed by atoms with E-state index in [2.05, 4.69) is 21.2 Å². The van der Waals surface area contributed by atoms with Gasteiger partial charge in [0.15, 0.2) is 18.1 Å². The third-order valence-corrected chi connectivity index (χ3v) is 5.06. The smallest absolute Gasteiger partial charge is 0.329 e. The normalized spacial score (nSPS) is 11.7. The molecule has 0 fully saturated rings. The van der Waals surface area contributed by atoms with Crippen molar-refractivity contribution in [3.05, 3.63) is 89.5 Å². The number of hydrogen-bond acceptors (Lipinski definition) is 7. The van der Waals surface area contributed by atoms with Crippen LogP contribution in [0, 0.1) is 0 Å². The average molecular weight is 489 g/mol. The molecule has 0 atom stereocenters. The van der Waals surface area contributed by atoms with Crippen molar-refractivity contribution in [2.45, 2.75) is 13.1 Å². The number of rotatable bonds is 9. The molecule has 184 valence electrons. The second-order valence-electron chi connectivity index (χ2n) is 7.69. The van der Waals surface area contributed by atoms with Crippen LogP contribution < -0.4 is 30.3 Å². The maximum absolute atomic E-state index is 12.0. The highest BCUT2D eigenvalue weighted by Gasteiger charge is 2.15. The Bertz CT molecular complexity index is 1250. The molecule has 0 aliphatic carbocycles. The Balaban J connectivity index is 1.15. The van der Waals surface area contributed by atoms with E-state index in [4.69, 9.17) is 14.2 Å². The van der Waals surface area contributed by atoms with Crippen molar-refractivity contribution >= 4 is 23.9 Å². The molecule has 10 heteroatoms. The van der Waals surface area contributed by atoms with E-state index in [9.17, 15) is 14.4 Å². The lowest BCUT2D eigenvalue weighted by Crippen LogP contribution is -2.37. The standard InChI is InChI=1S/C26H24N4O6/c31-24(27-13-18-4-2-1-3-5-18)16-34-21-9-6-19(7-10-21)15-29-30-26(33)25(32)28-14-20-8-11-22-23(12-20)36-17-35-22/h1-12,15H,13-14,16-17H2,(H,27,31)(H,28,32)(H,30,33)/b29-15-. The molecule has 3 aromatic carbocycles. The van der Waals surface area contributed by atoms with Crippen LogP contribution in [-0.2, 0) is 27.5 Å². The number of hydrogen-bond donors (Lipinski definition) is 3. The minimum Gasteiger partial charge on any atom is -0.484 e. The molecule has 0 radical (unpaired) electrons. The Morgan fingerprint density at radius 3 is 2.39 bits per heavy atom. The fraction of sp³-hybridized carbons (Fsp3) is 0.154. The van der Waals surface area contributed by atoms with Gasteiger partial charge in [0, 0.05) is 13.1 Å². The first-order chi connectivity index (χ1) is 17.6. The average Bonchev–Trinajstić information content (AvgIpc) is 3.38. The van der Waals surface area contributed by atoms with Crippen LogP contribution in [0.25, 0.3) is 0 Å².